The van der Waals surface area contributed by atoms with E-state index in [1.54, 1.807) is 0 Å². The van der Waals surface area contributed by atoms with Gasteiger partial charge >= 0.3 is 0 Å². The second-order valence-electron chi connectivity index (χ2n) is 12.3. The fourth-order valence-corrected chi connectivity index (χ4v) is 9.70. The van der Waals surface area contributed by atoms with Crippen LogP contribution in [0.5, 0.6) is 0 Å². The molecule has 8 rings (SSSR count). The van der Waals surface area contributed by atoms with Gasteiger partial charge in [-0.05, 0) is 137 Å². The Morgan fingerprint density at radius 3 is 1.14 bits per heavy atom. The standard InChI is InChI=1S/C26H40O2/c1-16(2-4-25(27)21-8-17-6-18(10-21)11-22(25)9-17)3-5-26(28)23-12-19-7-20(14-23)15-24(26)13-19/h17-24,27-28H,1-15H2. The molecule has 8 bridgehead atoms. The largest absolute Gasteiger partial charge is 0.389 e. The first-order chi connectivity index (χ1) is 13.4. The van der Waals surface area contributed by atoms with E-state index >= 15 is 0 Å². The number of hydrogen-bond acceptors (Lipinski definition) is 2. The molecule has 0 radical (unpaired) electrons. The van der Waals surface area contributed by atoms with Crippen molar-refractivity contribution in [3.8, 4) is 0 Å². The Balaban J connectivity index is 1.05. The topological polar surface area (TPSA) is 40.5 Å². The van der Waals surface area contributed by atoms with Gasteiger partial charge in [0, 0.05) is 0 Å². The fourth-order valence-electron chi connectivity index (χ4n) is 9.70. The zero-order chi connectivity index (χ0) is 19.1. The number of aliphatic hydroxyl groups is 2. The van der Waals surface area contributed by atoms with E-state index in [2.05, 4.69) is 6.58 Å². The van der Waals surface area contributed by atoms with Crippen LogP contribution in [0.25, 0.3) is 0 Å². The van der Waals surface area contributed by atoms with Crippen molar-refractivity contribution >= 4 is 0 Å². The van der Waals surface area contributed by atoms with E-state index in [1.165, 1.54) is 69.8 Å². The third kappa shape index (κ3) is 2.73. The lowest BCUT2D eigenvalue weighted by Crippen LogP contribution is -2.57. The third-order valence-electron chi connectivity index (χ3n) is 10.9. The highest BCUT2D eigenvalue weighted by Crippen LogP contribution is 2.61. The summed E-state index contributed by atoms with van der Waals surface area (Å²) < 4.78 is 0. The van der Waals surface area contributed by atoms with Crippen LogP contribution in [-0.4, -0.2) is 21.4 Å². The minimum absolute atomic E-state index is 0.407. The van der Waals surface area contributed by atoms with E-state index in [0.29, 0.717) is 23.7 Å². The molecule has 8 aliphatic rings. The van der Waals surface area contributed by atoms with Gasteiger partial charge in [-0.15, -0.1) is 0 Å². The van der Waals surface area contributed by atoms with Crippen molar-refractivity contribution in [3.63, 3.8) is 0 Å². The minimum atomic E-state index is -0.407. The number of hydrogen-bond donors (Lipinski definition) is 2. The molecule has 0 aromatic heterocycles. The molecule has 0 unspecified atom stereocenters. The van der Waals surface area contributed by atoms with Crippen LogP contribution >= 0.6 is 0 Å². The zero-order valence-electron chi connectivity index (χ0n) is 17.6. The van der Waals surface area contributed by atoms with Crippen molar-refractivity contribution in [1.82, 2.24) is 0 Å². The summed E-state index contributed by atoms with van der Waals surface area (Å²) in [5, 5.41) is 23.2. The molecule has 0 aromatic carbocycles. The second-order valence-corrected chi connectivity index (χ2v) is 12.3. The molecule has 8 aliphatic carbocycles. The van der Waals surface area contributed by atoms with Gasteiger partial charge < -0.3 is 10.2 Å². The predicted octanol–water partition coefficient (Wildman–Crippen LogP) is 5.48. The molecule has 0 heterocycles. The van der Waals surface area contributed by atoms with Gasteiger partial charge in [0.2, 0.25) is 0 Å². The van der Waals surface area contributed by atoms with Crippen molar-refractivity contribution in [1.29, 1.82) is 0 Å². The SMILES string of the molecule is C=C(CCC1(O)C2CC3CC(C2)CC1C3)CCC1(O)C2CC3CC(C2)CC1C3. The molecule has 156 valence electrons. The lowest BCUT2D eigenvalue weighted by molar-refractivity contribution is -0.177. The van der Waals surface area contributed by atoms with Crippen LogP contribution in [-0.2, 0) is 0 Å². The van der Waals surface area contributed by atoms with E-state index in [-0.39, 0.29) is 0 Å². The summed E-state index contributed by atoms with van der Waals surface area (Å²) in [6.07, 6.45) is 16.9. The van der Waals surface area contributed by atoms with Crippen LogP contribution in [0.1, 0.15) is 89.9 Å². The Morgan fingerprint density at radius 2 is 0.857 bits per heavy atom. The molecule has 0 spiro atoms. The lowest BCUT2D eigenvalue weighted by Gasteiger charge is -2.59. The Labute approximate surface area is 171 Å². The van der Waals surface area contributed by atoms with E-state index in [4.69, 9.17) is 0 Å². The van der Waals surface area contributed by atoms with Crippen LogP contribution in [0.4, 0.5) is 0 Å². The van der Waals surface area contributed by atoms with Gasteiger partial charge in [0.15, 0.2) is 0 Å². The summed E-state index contributed by atoms with van der Waals surface area (Å²) in [6, 6.07) is 0. The first-order valence-corrected chi connectivity index (χ1v) is 12.5. The molecular formula is C26H40O2. The Hall–Kier alpha value is -0.340. The van der Waals surface area contributed by atoms with Crippen LogP contribution in [0.3, 0.4) is 0 Å². The smallest absolute Gasteiger partial charge is 0.0707 e. The summed E-state index contributed by atoms with van der Waals surface area (Å²) in [5.74, 6) is 5.90. The second kappa shape index (κ2) is 6.33. The van der Waals surface area contributed by atoms with Crippen molar-refractivity contribution in [2.24, 2.45) is 47.3 Å². The molecule has 0 atom stereocenters. The Morgan fingerprint density at radius 1 is 0.571 bits per heavy atom. The van der Waals surface area contributed by atoms with Gasteiger partial charge in [0.25, 0.3) is 0 Å². The van der Waals surface area contributed by atoms with Crippen molar-refractivity contribution in [3.05, 3.63) is 12.2 Å². The van der Waals surface area contributed by atoms with Crippen molar-refractivity contribution in [2.45, 2.75) is 101 Å². The van der Waals surface area contributed by atoms with Crippen LogP contribution in [0.2, 0.25) is 0 Å². The highest BCUT2D eigenvalue weighted by Gasteiger charge is 2.57. The third-order valence-corrected chi connectivity index (χ3v) is 10.9. The molecule has 0 amide bonds. The highest BCUT2D eigenvalue weighted by atomic mass is 16.3. The molecule has 2 nitrogen and oxygen atoms in total. The van der Waals surface area contributed by atoms with Crippen molar-refractivity contribution in [2.75, 3.05) is 0 Å². The molecule has 0 aromatic rings. The van der Waals surface area contributed by atoms with Gasteiger partial charge in [0.05, 0.1) is 11.2 Å². The first kappa shape index (κ1) is 18.4. The normalized spacial score (nSPS) is 55.8. The highest BCUT2D eigenvalue weighted by molar-refractivity contribution is 5.11. The van der Waals surface area contributed by atoms with Gasteiger partial charge in [-0.1, -0.05) is 12.2 Å². The number of rotatable bonds is 6. The Bertz CT molecular complexity index is 539. The zero-order valence-corrected chi connectivity index (χ0v) is 17.6. The average molecular weight is 385 g/mol. The Kier molecular flexibility index (Phi) is 4.17. The molecule has 8 saturated carbocycles. The first-order valence-electron chi connectivity index (χ1n) is 12.5. The summed E-state index contributed by atoms with van der Waals surface area (Å²) in [4.78, 5) is 0. The maximum atomic E-state index is 11.6. The molecule has 0 saturated heterocycles. The monoisotopic (exact) mass is 384 g/mol. The van der Waals surface area contributed by atoms with Gasteiger partial charge in [0.1, 0.15) is 0 Å². The molecule has 28 heavy (non-hydrogen) atoms. The predicted molar refractivity (Wildman–Crippen MR) is 112 cm³/mol. The van der Waals surface area contributed by atoms with Gasteiger partial charge in [-0.3, -0.25) is 0 Å². The summed E-state index contributed by atoms with van der Waals surface area (Å²) in [6.45, 7) is 4.40. The fraction of sp³-hybridized carbons (Fsp3) is 0.923. The minimum Gasteiger partial charge on any atom is -0.389 e. The van der Waals surface area contributed by atoms with Crippen LogP contribution in [0, 0.1) is 47.3 Å². The summed E-state index contributed by atoms with van der Waals surface area (Å²) >= 11 is 0. The van der Waals surface area contributed by atoms with E-state index in [1.807, 2.05) is 0 Å². The number of allylic oxidation sites excluding steroid dienone is 1. The molecule has 0 aliphatic heterocycles. The maximum absolute atomic E-state index is 11.6. The van der Waals surface area contributed by atoms with E-state index < -0.39 is 11.2 Å². The van der Waals surface area contributed by atoms with Gasteiger partial charge in [-0.2, -0.15) is 0 Å². The van der Waals surface area contributed by atoms with E-state index in [9.17, 15) is 10.2 Å². The molecular weight excluding hydrogens is 344 g/mol. The summed E-state index contributed by atoms with van der Waals surface area (Å²) in [7, 11) is 0. The average Bonchev–Trinajstić information content (AvgIpc) is 2.66. The van der Waals surface area contributed by atoms with Crippen LogP contribution in [0.15, 0.2) is 12.2 Å². The quantitative estimate of drug-likeness (QED) is 0.596. The summed E-state index contributed by atoms with van der Waals surface area (Å²) in [5.41, 5.74) is 0.468. The van der Waals surface area contributed by atoms with Crippen molar-refractivity contribution < 1.29 is 10.2 Å². The molecule has 8 fully saturated rings. The van der Waals surface area contributed by atoms with Gasteiger partial charge in [-0.25, -0.2) is 0 Å². The lowest BCUT2D eigenvalue weighted by atomic mass is 9.48. The molecule has 2 N–H and O–H groups in total. The van der Waals surface area contributed by atoms with E-state index in [0.717, 1.165) is 49.4 Å². The maximum Gasteiger partial charge on any atom is 0.0707 e. The van der Waals surface area contributed by atoms with Crippen LogP contribution < -0.4 is 0 Å². The molecule has 2 heteroatoms.